The average molecular weight is 411 g/mol. The highest BCUT2D eigenvalue weighted by Gasteiger charge is 2.10. The largest absolute Gasteiger partial charge is 0.338 e. The lowest BCUT2D eigenvalue weighted by atomic mass is 10.2. The van der Waals surface area contributed by atoms with Gasteiger partial charge >= 0.3 is 0 Å². The van der Waals surface area contributed by atoms with Gasteiger partial charge in [-0.1, -0.05) is 42.5 Å². The van der Waals surface area contributed by atoms with E-state index in [1.54, 1.807) is 11.3 Å². The summed E-state index contributed by atoms with van der Waals surface area (Å²) in [5.41, 5.74) is 5.49. The van der Waals surface area contributed by atoms with Gasteiger partial charge in [0.25, 0.3) is 0 Å². The summed E-state index contributed by atoms with van der Waals surface area (Å²) in [6.45, 7) is 0. The molecule has 2 aromatic heterocycles. The minimum atomic E-state index is -0.0867. The molecular formula is C24H18N4OS. The van der Waals surface area contributed by atoms with Gasteiger partial charge in [-0.2, -0.15) is 0 Å². The van der Waals surface area contributed by atoms with Crippen LogP contribution in [0.2, 0.25) is 0 Å². The quantitative estimate of drug-likeness (QED) is 0.400. The number of para-hydroxylation sites is 2. The lowest BCUT2D eigenvalue weighted by Gasteiger charge is -2.05. The lowest BCUT2D eigenvalue weighted by Crippen LogP contribution is -2.14. The maximum Gasteiger partial charge on any atom is 0.230 e. The number of nitrogens with zero attached hydrogens (tertiary/aromatic N) is 2. The molecule has 6 heteroatoms. The molecule has 0 saturated heterocycles. The summed E-state index contributed by atoms with van der Waals surface area (Å²) in [6, 6.07) is 25.6. The zero-order chi connectivity index (χ0) is 20.3. The fourth-order valence-electron chi connectivity index (χ4n) is 3.27. The van der Waals surface area contributed by atoms with Gasteiger partial charge in [-0.25, -0.2) is 9.97 Å². The first-order valence-corrected chi connectivity index (χ1v) is 10.5. The van der Waals surface area contributed by atoms with Crippen LogP contribution in [-0.4, -0.2) is 20.9 Å². The van der Waals surface area contributed by atoms with Crippen LogP contribution in [0.1, 0.15) is 5.69 Å². The molecule has 30 heavy (non-hydrogen) atoms. The van der Waals surface area contributed by atoms with Gasteiger partial charge in [0.2, 0.25) is 5.91 Å². The van der Waals surface area contributed by atoms with Crippen LogP contribution in [-0.2, 0) is 11.2 Å². The summed E-state index contributed by atoms with van der Waals surface area (Å²) in [5, 5.41) is 5.80. The van der Waals surface area contributed by atoms with E-state index in [0.717, 1.165) is 44.4 Å². The molecule has 0 fully saturated rings. The summed E-state index contributed by atoms with van der Waals surface area (Å²) in [4.78, 5) is 24.9. The standard InChI is InChI=1S/C24H18N4OS/c29-22(14-19-15-30-24(26-19)17-6-2-1-3-7-17)25-18-12-10-16(11-13-18)23-27-20-8-4-5-9-21(20)28-23/h1-13,15H,14H2,(H,25,29)(H,27,28). The fraction of sp³-hybridized carbons (Fsp3) is 0.0417. The van der Waals surface area contributed by atoms with Crippen LogP contribution in [0.5, 0.6) is 0 Å². The second kappa shape index (κ2) is 7.93. The number of thiazole rings is 1. The molecule has 0 spiro atoms. The summed E-state index contributed by atoms with van der Waals surface area (Å²) in [5.74, 6) is 0.724. The van der Waals surface area contributed by atoms with E-state index in [0.29, 0.717) is 0 Å². The van der Waals surface area contributed by atoms with E-state index in [9.17, 15) is 4.79 Å². The molecule has 0 aliphatic carbocycles. The van der Waals surface area contributed by atoms with Crippen molar-refractivity contribution in [2.75, 3.05) is 5.32 Å². The Labute approximate surface area is 177 Å². The van der Waals surface area contributed by atoms with Crippen LogP contribution >= 0.6 is 11.3 Å². The monoisotopic (exact) mass is 410 g/mol. The summed E-state index contributed by atoms with van der Waals surface area (Å²) < 4.78 is 0. The second-order valence-electron chi connectivity index (χ2n) is 6.91. The lowest BCUT2D eigenvalue weighted by molar-refractivity contribution is -0.115. The Hall–Kier alpha value is -3.77. The van der Waals surface area contributed by atoms with E-state index in [4.69, 9.17) is 0 Å². The van der Waals surface area contributed by atoms with Gasteiger partial charge in [-0.15, -0.1) is 11.3 Å². The molecule has 0 aliphatic rings. The number of carbonyl (C=O) groups is 1. The van der Waals surface area contributed by atoms with Crippen LogP contribution in [0, 0.1) is 0 Å². The number of aromatic amines is 1. The van der Waals surface area contributed by atoms with Gasteiger partial charge in [0.05, 0.1) is 23.1 Å². The van der Waals surface area contributed by atoms with Gasteiger partial charge < -0.3 is 10.3 Å². The van der Waals surface area contributed by atoms with E-state index >= 15 is 0 Å². The summed E-state index contributed by atoms with van der Waals surface area (Å²) in [6.07, 6.45) is 0.245. The third kappa shape index (κ3) is 3.86. The zero-order valence-corrected chi connectivity index (χ0v) is 16.8. The summed E-state index contributed by atoms with van der Waals surface area (Å²) >= 11 is 1.55. The van der Waals surface area contributed by atoms with Crippen LogP contribution in [0.3, 0.4) is 0 Å². The number of rotatable bonds is 5. The molecule has 0 bridgehead atoms. The molecule has 146 valence electrons. The number of fused-ring (bicyclic) bond motifs is 1. The maximum absolute atomic E-state index is 12.4. The number of aromatic nitrogens is 3. The van der Waals surface area contributed by atoms with Crippen LogP contribution in [0.25, 0.3) is 33.0 Å². The Morgan fingerprint density at radius 2 is 1.63 bits per heavy atom. The minimum absolute atomic E-state index is 0.0867. The number of anilines is 1. The Bertz CT molecular complexity index is 1270. The number of benzene rings is 3. The van der Waals surface area contributed by atoms with Crippen LogP contribution in [0.4, 0.5) is 5.69 Å². The number of nitrogens with one attached hydrogen (secondary N) is 2. The van der Waals surface area contributed by atoms with Crippen molar-refractivity contribution in [2.24, 2.45) is 0 Å². The van der Waals surface area contributed by atoms with E-state index in [1.165, 1.54) is 0 Å². The normalized spacial score (nSPS) is 10.9. The van der Waals surface area contributed by atoms with Crippen molar-refractivity contribution in [1.29, 1.82) is 0 Å². The predicted molar refractivity (Wildman–Crippen MR) is 121 cm³/mol. The molecule has 5 rings (SSSR count). The minimum Gasteiger partial charge on any atom is -0.338 e. The predicted octanol–water partition coefficient (Wildman–Crippen LogP) is 5.53. The van der Waals surface area contributed by atoms with Gasteiger partial charge in [0.15, 0.2) is 0 Å². The highest BCUT2D eigenvalue weighted by molar-refractivity contribution is 7.13. The molecule has 0 saturated carbocycles. The van der Waals surface area contributed by atoms with Crippen molar-refractivity contribution < 1.29 is 4.79 Å². The van der Waals surface area contributed by atoms with Crippen LogP contribution in [0.15, 0.2) is 84.2 Å². The Balaban J connectivity index is 1.25. The van der Waals surface area contributed by atoms with Crippen molar-refractivity contribution in [2.45, 2.75) is 6.42 Å². The molecule has 0 aliphatic heterocycles. The molecule has 0 atom stereocenters. The van der Waals surface area contributed by atoms with Crippen molar-refractivity contribution >= 4 is 34.0 Å². The van der Waals surface area contributed by atoms with Gasteiger partial charge in [-0.05, 0) is 36.4 Å². The maximum atomic E-state index is 12.4. The van der Waals surface area contributed by atoms with E-state index in [-0.39, 0.29) is 12.3 Å². The van der Waals surface area contributed by atoms with Crippen molar-refractivity contribution in [3.8, 4) is 22.0 Å². The molecule has 3 aromatic carbocycles. The van der Waals surface area contributed by atoms with E-state index in [1.807, 2.05) is 84.2 Å². The first-order valence-electron chi connectivity index (χ1n) is 9.59. The average Bonchev–Trinajstić information content (AvgIpc) is 3.42. The number of carbonyl (C=O) groups excluding carboxylic acids is 1. The third-order valence-electron chi connectivity index (χ3n) is 4.75. The van der Waals surface area contributed by atoms with Crippen molar-refractivity contribution in [1.82, 2.24) is 15.0 Å². The Kier molecular flexibility index (Phi) is 4.83. The third-order valence-corrected chi connectivity index (χ3v) is 5.69. The molecule has 5 nitrogen and oxygen atoms in total. The smallest absolute Gasteiger partial charge is 0.230 e. The number of imidazole rings is 1. The second-order valence-corrected chi connectivity index (χ2v) is 7.77. The first-order chi connectivity index (χ1) is 14.7. The van der Waals surface area contributed by atoms with Gasteiger partial charge in [0, 0.05) is 22.2 Å². The zero-order valence-electron chi connectivity index (χ0n) is 16.0. The molecule has 0 radical (unpaired) electrons. The van der Waals surface area contributed by atoms with Crippen molar-refractivity contribution in [3.05, 3.63) is 89.9 Å². The van der Waals surface area contributed by atoms with Gasteiger partial charge in [-0.3, -0.25) is 4.79 Å². The molecule has 5 aromatic rings. The number of H-pyrrole nitrogens is 1. The summed E-state index contributed by atoms with van der Waals surface area (Å²) in [7, 11) is 0. The molecule has 2 N–H and O–H groups in total. The number of hydrogen-bond acceptors (Lipinski definition) is 4. The van der Waals surface area contributed by atoms with E-state index in [2.05, 4.69) is 20.3 Å². The molecule has 0 unspecified atom stereocenters. The molecule has 1 amide bonds. The number of hydrogen-bond donors (Lipinski definition) is 2. The first kappa shape index (κ1) is 18.3. The Morgan fingerprint density at radius 1 is 0.867 bits per heavy atom. The Morgan fingerprint density at radius 3 is 2.43 bits per heavy atom. The molecular weight excluding hydrogens is 392 g/mol. The van der Waals surface area contributed by atoms with Crippen molar-refractivity contribution in [3.63, 3.8) is 0 Å². The van der Waals surface area contributed by atoms with E-state index < -0.39 is 0 Å². The highest BCUT2D eigenvalue weighted by Crippen LogP contribution is 2.24. The topological polar surface area (TPSA) is 70.7 Å². The SMILES string of the molecule is O=C(Cc1csc(-c2ccccc2)n1)Nc1ccc(-c2nc3ccccc3[nH]2)cc1. The highest BCUT2D eigenvalue weighted by atomic mass is 32.1. The van der Waals surface area contributed by atoms with Crippen LogP contribution < -0.4 is 5.32 Å². The van der Waals surface area contributed by atoms with Gasteiger partial charge in [0.1, 0.15) is 10.8 Å². The molecule has 2 heterocycles. The fourth-order valence-corrected chi connectivity index (χ4v) is 4.10. The number of amides is 1.